The first-order valence-corrected chi connectivity index (χ1v) is 7.82. The number of carbonyl (C=O) groups excluding carboxylic acids is 2. The van der Waals surface area contributed by atoms with Gasteiger partial charge in [0.25, 0.3) is 0 Å². The van der Waals surface area contributed by atoms with Gasteiger partial charge in [-0.15, -0.1) is 11.3 Å². The number of thiophene rings is 1. The van der Waals surface area contributed by atoms with Crippen LogP contribution < -0.4 is 0 Å². The third kappa shape index (κ3) is 4.15. The SMILES string of the molecule is Cc1csc(C(=O)C(C)(C)OC(=O)C=Cc2ccccc2)c1. The van der Waals surface area contributed by atoms with Crippen LogP contribution in [0.4, 0.5) is 0 Å². The number of ketones is 1. The lowest BCUT2D eigenvalue weighted by atomic mass is 10.0. The molecular weight excluding hydrogens is 296 g/mol. The first-order valence-electron chi connectivity index (χ1n) is 6.94. The van der Waals surface area contributed by atoms with Crippen molar-refractivity contribution in [2.24, 2.45) is 0 Å². The topological polar surface area (TPSA) is 43.4 Å². The van der Waals surface area contributed by atoms with Gasteiger partial charge in [0.05, 0.1) is 4.88 Å². The number of hydrogen-bond donors (Lipinski definition) is 0. The summed E-state index contributed by atoms with van der Waals surface area (Å²) >= 11 is 1.36. The Labute approximate surface area is 134 Å². The molecule has 1 aromatic carbocycles. The van der Waals surface area contributed by atoms with Gasteiger partial charge in [-0.1, -0.05) is 30.3 Å². The number of ether oxygens (including phenoxy) is 1. The predicted molar refractivity (Wildman–Crippen MR) is 89.0 cm³/mol. The zero-order valence-corrected chi connectivity index (χ0v) is 13.6. The van der Waals surface area contributed by atoms with E-state index < -0.39 is 11.6 Å². The smallest absolute Gasteiger partial charge is 0.331 e. The molecule has 1 heterocycles. The van der Waals surface area contributed by atoms with Crippen LogP contribution in [0.25, 0.3) is 6.08 Å². The summed E-state index contributed by atoms with van der Waals surface area (Å²) in [5.41, 5.74) is 0.743. The Morgan fingerprint density at radius 2 is 1.86 bits per heavy atom. The molecule has 4 heteroatoms. The van der Waals surface area contributed by atoms with Crippen molar-refractivity contribution in [1.29, 1.82) is 0 Å². The molecule has 0 fully saturated rings. The number of aryl methyl sites for hydroxylation is 1. The van der Waals surface area contributed by atoms with Crippen molar-refractivity contribution in [2.45, 2.75) is 26.4 Å². The Bertz CT molecular complexity index is 696. The Balaban J connectivity index is 2.03. The van der Waals surface area contributed by atoms with Crippen molar-refractivity contribution in [1.82, 2.24) is 0 Å². The molecular formula is C18H18O3S. The molecule has 0 aliphatic rings. The van der Waals surface area contributed by atoms with E-state index in [0.717, 1.165) is 11.1 Å². The first-order chi connectivity index (χ1) is 10.4. The van der Waals surface area contributed by atoms with Crippen molar-refractivity contribution in [3.05, 3.63) is 63.9 Å². The Hall–Kier alpha value is -2.20. The van der Waals surface area contributed by atoms with Gasteiger partial charge in [-0.2, -0.15) is 0 Å². The maximum absolute atomic E-state index is 12.4. The van der Waals surface area contributed by atoms with Crippen LogP contribution in [0.3, 0.4) is 0 Å². The van der Waals surface area contributed by atoms with Crippen LogP contribution in [-0.2, 0) is 9.53 Å². The van der Waals surface area contributed by atoms with E-state index in [4.69, 9.17) is 4.74 Å². The quantitative estimate of drug-likeness (QED) is 0.470. The minimum atomic E-state index is -1.19. The van der Waals surface area contributed by atoms with Gasteiger partial charge in [-0.25, -0.2) is 4.79 Å². The largest absolute Gasteiger partial charge is 0.448 e. The molecule has 0 N–H and O–H groups in total. The van der Waals surface area contributed by atoms with Gasteiger partial charge in [0, 0.05) is 6.08 Å². The number of benzene rings is 1. The molecule has 0 saturated carbocycles. The minimum Gasteiger partial charge on any atom is -0.448 e. The van der Waals surface area contributed by atoms with Gasteiger partial charge in [0.1, 0.15) is 0 Å². The summed E-state index contributed by atoms with van der Waals surface area (Å²) in [6, 6.07) is 11.3. The second-order valence-electron chi connectivity index (χ2n) is 5.49. The third-order valence-electron chi connectivity index (χ3n) is 3.07. The number of esters is 1. The Morgan fingerprint density at radius 1 is 1.18 bits per heavy atom. The zero-order chi connectivity index (χ0) is 16.2. The summed E-state index contributed by atoms with van der Waals surface area (Å²) in [5, 5.41) is 1.90. The summed E-state index contributed by atoms with van der Waals surface area (Å²) in [6.45, 7) is 5.15. The fourth-order valence-corrected chi connectivity index (χ4v) is 2.89. The molecule has 0 amide bonds. The Kier molecular flexibility index (Phi) is 4.93. The van der Waals surface area contributed by atoms with E-state index in [1.165, 1.54) is 17.4 Å². The van der Waals surface area contributed by atoms with Crippen molar-refractivity contribution in [2.75, 3.05) is 0 Å². The van der Waals surface area contributed by atoms with Crippen molar-refractivity contribution < 1.29 is 14.3 Å². The summed E-state index contributed by atoms with van der Waals surface area (Å²) < 4.78 is 5.32. The number of hydrogen-bond acceptors (Lipinski definition) is 4. The maximum Gasteiger partial charge on any atom is 0.331 e. The molecule has 0 aliphatic heterocycles. The lowest BCUT2D eigenvalue weighted by Gasteiger charge is -2.22. The van der Waals surface area contributed by atoms with Crippen LogP contribution in [0.2, 0.25) is 0 Å². The fourth-order valence-electron chi connectivity index (χ4n) is 1.91. The molecule has 2 aromatic rings. The monoisotopic (exact) mass is 314 g/mol. The standard InChI is InChI=1S/C18H18O3S/c1-13-11-15(22-12-13)17(20)18(2,3)21-16(19)10-9-14-7-5-4-6-8-14/h4-12H,1-3H3. The van der Waals surface area contributed by atoms with Crippen LogP contribution >= 0.6 is 11.3 Å². The summed E-state index contributed by atoms with van der Waals surface area (Å²) in [4.78, 5) is 24.9. The van der Waals surface area contributed by atoms with Gasteiger partial charge < -0.3 is 4.74 Å². The fraction of sp³-hybridized carbons (Fsp3) is 0.222. The third-order valence-corrected chi connectivity index (χ3v) is 4.12. The van der Waals surface area contributed by atoms with Gasteiger partial charge >= 0.3 is 5.97 Å². The van der Waals surface area contributed by atoms with Crippen LogP contribution in [0.15, 0.2) is 47.9 Å². The van der Waals surface area contributed by atoms with Crippen LogP contribution in [-0.4, -0.2) is 17.4 Å². The highest BCUT2D eigenvalue weighted by Crippen LogP contribution is 2.23. The number of rotatable bonds is 5. The number of Topliss-reactive ketones (excluding diaryl/α,β-unsaturated/α-hetero) is 1. The summed E-state index contributed by atoms with van der Waals surface area (Å²) in [6.07, 6.45) is 3.00. The van der Waals surface area contributed by atoms with E-state index in [9.17, 15) is 9.59 Å². The van der Waals surface area contributed by atoms with Crippen LogP contribution in [0, 0.1) is 6.92 Å². The van der Waals surface area contributed by atoms with E-state index >= 15 is 0 Å². The lowest BCUT2D eigenvalue weighted by molar-refractivity contribution is -0.146. The highest BCUT2D eigenvalue weighted by Gasteiger charge is 2.33. The zero-order valence-electron chi connectivity index (χ0n) is 12.8. The molecule has 1 aromatic heterocycles. The predicted octanol–water partition coefficient (Wildman–Crippen LogP) is 4.27. The van der Waals surface area contributed by atoms with E-state index in [-0.39, 0.29) is 5.78 Å². The van der Waals surface area contributed by atoms with E-state index in [0.29, 0.717) is 4.88 Å². The second kappa shape index (κ2) is 6.71. The molecule has 0 saturated heterocycles. The summed E-state index contributed by atoms with van der Waals surface area (Å²) in [5.74, 6) is -0.720. The highest BCUT2D eigenvalue weighted by atomic mass is 32.1. The van der Waals surface area contributed by atoms with Gasteiger partial charge in [0.2, 0.25) is 5.78 Å². The molecule has 3 nitrogen and oxygen atoms in total. The molecule has 0 bridgehead atoms. The lowest BCUT2D eigenvalue weighted by Crippen LogP contribution is -2.36. The van der Waals surface area contributed by atoms with Crippen LogP contribution in [0.5, 0.6) is 0 Å². The van der Waals surface area contributed by atoms with Gasteiger partial charge in [0.15, 0.2) is 5.60 Å². The van der Waals surface area contributed by atoms with Crippen molar-refractivity contribution >= 4 is 29.2 Å². The van der Waals surface area contributed by atoms with Gasteiger partial charge in [-0.05, 0) is 49.4 Å². The molecule has 0 aliphatic carbocycles. The molecule has 0 unspecified atom stereocenters. The van der Waals surface area contributed by atoms with E-state index in [2.05, 4.69) is 0 Å². The molecule has 0 radical (unpaired) electrons. The highest BCUT2D eigenvalue weighted by molar-refractivity contribution is 7.12. The Morgan fingerprint density at radius 3 is 2.45 bits per heavy atom. The van der Waals surface area contributed by atoms with E-state index in [1.807, 2.05) is 48.7 Å². The van der Waals surface area contributed by atoms with Crippen LogP contribution in [0.1, 0.15) is 34.6 Å². The van der Waals surface area contributed by atoms with Crippen molar-refractivity contribution in [3.8, 4) is 0 Å². The molecule has 22 heavy (non-hydrogen) atoms. The maximum atomic E-state index is 12.4. The second-order valence-corrected chi connectivity index (χ2v) is 6.40. The number of carbonyl (C=O) groups is 2. The van der Waals surface area contributed by atoms with E-state index in [1.54, 1.807) is 19.9 Å². The molecule has 114 valence electrons. The molecule has 0 spiro atoms. The molecule has 0 atom stereocenters. The first kappa shape index (κ1) is 16.2. The minimum absolute atomic E-state index is 0.188. The molecule has 2 rings (SSSR count). The average molecular weight is 314 g/mol. The van der Waals surface area contributed by atoms with Gasteiger partial charge in [-0.3, -0.25) is 4.79 Å². The average Bonchev–Trinajstić information content (AvgIpc) is 2.91. The summed E-state index contributed by atoms with van der Waals surface area (Å²) in [7, 11) is 0. The normalized spacial score (nSPS) is 11.6. The van der Waals surface area contributed by atoms with Crippen molar-refractivity contribution in [3.63, 3.8) is 0 Å².